The fourth-order valence-corrected chi connectivity index (χ4v) is 5.00. The molecule has 0 spiro atoms. The standard InChI is InChI=1S/C21H32N2O2S/c1-21(2,3)25-20(24)23-14-8-7-11-18(23)16-12-13-19(22-15-16)26-17-9-5-4-6-10-17/h12-13,15,17-18H,4-11,14H2,1-3H3. The zero-order chi connectivity index (χ0) is 18.6. The lowest BCUT2D eigenvalue weighted by molar-refractivity contribution is 0.00947. The summed E-state index contributed by atoms with van der Waals surface area (Å²) in [5.74, 6) is 0. The predicted octanol–water partition coefficient (Wildman–Crippen LogP) is 5.97. The van der Waals surface area contributed by atoms with Gasteiger partial charge in [-0.3, -0.25) is 0 Å². The molecule has 4 nitrogen and oxygen atoms in total. The predicted molar refractivity (Wildman–Crippen MR) is 106 cm³/mol. The molecule has 2 aliphatic rings. The molecule has 2 fully saturated rings. The van der Waals surface area contributed by atoms with Crippen LogP contribution in [0.3, 0.4) is 0 Å². The number of carbonyl (C=O) groups is 1. The minimum absolute atomic E-state index is 0.0832. The minimum atomic E-state index is -0.460. The Kier molecular flexibility index (Phi) is 6.49. The van der Waals surface area contributed by atoms with Crippen molar-refractivity contribution in [3.8, 4) is 0 Å². The van der Waals surface area contributed by atoms with Gasteiger partial charge < -0.3 is 9.64 Å². The lowest BCUT2D eigenvalue weighted by Gasteiger charge is -2.37. The van der Waals surface area contributed by atoms with Crippen molar-refractivity contribution in [3.63, 3.8) is 0 Å². The van der Waals surface area contributed by atoms with Crippen molar-refractivity contribution in [1.82, 2.24) is 9.88 Å². The van der Waals surface area contributed by atoms with Crippen LogP contribution in [0.4, 0.5) is 4.79 Å². The molecule has 1 saturated carbocycles. The van der Waals surface area contributed by atoms with Crippen molar-refractivity contribution in [2.45, 2.75) is 94.1 Å². The molecule has 5 heteroatoms. The third kappa shape index (κ3) is 5.38. The van der Waals surface area contributed by atoms with Crippen molar-refractivity contribution in [1.29, 1.82) is 0 Å². The van der Waals surface area contributed by atoms with E-state index in [-0.39, 0.29) is 12.1 Å². The molecular weight excluding hydrogens is 344 g/mol. The van der Waals surface area contributed by atoms with Gasteiger partial charge in [-0.2, -0.15) is 0 Å². The lowest BCUT2D eigenvalue weighted by atomic mass is 9.97. The molecule has 0 N–H and O–H groups in total. The van der Waals surface area contributed by atoms with Crippen LogP contribution in [0.2, 0.25) is 0 Å². The number of amides is 1. The fraction of sp³-hybridized carbons (Fsp3) is 0.714. The number of ether oxygens (including phenoxy) is 1. The van der Waals surface area contributed by atoms with Gasteiger partial charge in [0.05, 0.1) is 11.1 Å². The van der Waals surface area contributed by atoms with Crippen LogP contribution in [0.15, 0.2) is 23.4 Å². The average molecular weight is 377 g/mol. The van der Waals surface area contributed by atoms with Crippen molar-refractivity contribution in [3.05, 3.63) is 23.9 Å². The molecule has 1 amide bonds. The summed E-state index contributed by atoms with van der Waals surface area (Å²) in [6.07, 6.45) is 11.6. The maximum absolute atomic E-state index is 12.6. The van der Waals surface area contributed by atoms with Crippen LogP contribution < -0.4 is 0 Å². The zero-order valence-electron chi connectivity index (χ0n) is 16.4. The van der Waals surface area contributed by atoms with Crippen molar-refractivity contribution >= 4 is 17.9 Å². The molecule has 3 rings (SSSR count). The highest BCUT2D eigenvalue weighted by Crippen LogP contribution is 2.35. The van der Waals surface area contributed by atoms with Gasteiger partial charge in [-0.05, 0) is 64.5 Å². The Morgan fingerprint density at radius 3 is 2.50 bits per heavy atom. The van der Waals surface area contributed by atoms with E-state index in [4.69, 9.17) is 9.72 Å². The topological polar surface area (TPSA) is 42.4 Å². The van der Waals surface area contributed by atoms with E-state index in [0.717, 1.165) is 41.6 Å². The maximum Gasteiger partial charge on any atom is 0.410 e. The van der Waals surface area contributed by atoms with Gasteiger partial charge in [-0.15, -0.1) is 11.8 Å². The van der Waals surface area contributed by atoms with Gasteiger partial charge in [0.15, 0.2) is 0 Å². The largest absolute Gasteiger partial charge is 0.444 e. The molecule has 1 atom stereocenters. The highest BCUT2D eigenvalue weighted by Gasteiger charge is 2.31. The Hall–Kier alpha value is -1.23. The number of rotatable bonds is 3. The summed E-state index contributed by atoms with van der Waals surface area (Å²) in [7, 11) is 0. The third-order valence-corrected chi connectivity index (χ3v) is 6.40. The highest BCUT2D eigenvalue weighted by atomic mass is 32.2. The van der Waals surface area contributed by atoms with E-state index in [9.17, 15) is 4.79 Å². The van der Waals surface area contributed by atoms with E-state index >= 15 is 0 Å². The Labute approximate surface area is 162 Å². The van der Waals surface area contributed by atoms with Gasteiger partial charge >= 0.3 is 6.09 Å². The number of hydrogen-bond donors (Lipinski definition) is 0. The molecular formula is C21H32N2O2S. The quantitative estimate of drug-likeness (QED) is 0.652. The SMILES string of the molecule is CC(C)(C)OC(=O)N1CCCCC1c1ccc(SC2CCCCC2)nc1. The normalized spacial score (nSPS) is 22.3. The molecule has 0 radical (unpaired) electrons. The molecule has 1 aromatic rings. The van der Waals surface area contributed by atoms with E-state index in [1.54, 1.807) is 0 Å². The zero-order valence-corrected chi connectivity index (χ0v) is 17.2. The van der Waals surface area contributed by atoms with Gasteiger partial charge in [-0.1, -0.05) is 25.3 Å². The molecule has 0 bridgehead atoms. The van der Waals surface area contributed by atoms with Crippen LogP contribution in [-0.4, -0.2) is 33.4 Å². The molecule has 144 valence electrons. The number of hydrogen-bond acceptors (Lipinski definition) is 4. The second-order valence-electron chi connectivity index (χ2n) is 8.49. The first-order valence-corrected chi connectivity index (χ1v) is 10.9. The van der Waals surface area contributed by atoms with Gasteiger partial charge in [0.1, 0.15) is 5.60 Å². The highest BCUT2D eigenvalue weighted by molar-refractivity contribution is 7.99. The first kappa shape index (κ1) is 19.5. The summed E-state index contributed by atoms with van der Waals surface area (Å²) in [4.78, 5) is 19.2. The fourth-order valence-electron chi connectivity index (χ4n) is 3.83. The molecule has 26 heavy (non-hydrogen) atoms. The Morgan fingerprint density at radius 1 is 1.12 bits per heavy atom. The Morgan fingerprint density at radius 2 is 1.85 bits per heavy atom. The van der Waals surface area contributed by atoms with Crippen molar-refractivity contribution in [2.75, 3.05) is 6.54 Å². The van der Waals surface area contributed by atoms with Gasteiger partial charge in [0.25, 0.3) is 0 Å². The van der Waals surface area contributed by atoms with E-state index in [1.807, 2.05) is 43.6 Å². The number of carbonyl (C=O) groups excluding carboxylic acids is 1. The van der Waals surface area contributed by atoms with Crippen molar-refractivity contribution < 1.29 is 9.53 Å². The molecule has 1 aromatic heterocycles. The number of likely N-dealkylation sites (tertiary alicyclic amines) is 1. The monoisotopic (exact) mass is 376 g/mol. The average Bonchev–Trinajstić information content (AvgIpc) is 2.62. The number of piperidine rings is 1. The lowest BCUT2D eigenvalue weighted by Crippen LogP contribution is -2.41. The number of thioether (sulfide) groups is 1. The smallest absolute Gasteiger partial charge is 0.410 e. The van der Waals surface area contributed by atoms with Crippen LogP contribution in [0.5, 0.6) is 0 Å². The first-order valence-electron chi connectivity index (χ1n) is 10.0. The Bertz CT molecular complexity index is 591. The molecule has 2 heterocycles. The number of nitrogens with zero attached hydrogens (tertiary/aromatic N) is 2. The summed E-state index contributed by atoms with van der Waals surface area (Å²) < 4.78 is 5.62. The van der Waals surface area contributed by atoms with Crippen LogP contribution in [0.1, 0.15) is 83.7 Å². The van der Waals surface area contributed by atoms with E-state index < -0.39 is 5.60 Å². The number of aromatic nitrogens is 1. The van der Waals surface area contributed by atoms with Gasteiger partial charge in [-0.25, -0.2) is 9.78 Å². The Balaban J connectivity index is 1.66. The third-order valence-electron chi connectivity index (χ3n) is 5.11. The second kappa shape index (κ2) is 8.64. The molecule has 1 saturated heterocycles. The van der Waals surface area contributed by atoms with E-state index in [0.29, 0.717) is 0 Å². The first-order chi connectivity index (χ1) is 12.4. The minimum Gasteiger partial charge on any atom is -0.444 e. The van der Waals surface area contributed by atoms with Crippen LogP contribution in [0, 0.1) is 0 Å². The summed E-state index contributed by atoms with van der Waals surface area (Å²) in [6.45, 7) is 6.52. The van der Waals surface area contributed by atoms with Crippen LogP contribution in [-0.2, 0) is 4.74 Å². The van der Waals surface area contributed by atoms with E-state index in [2.05, 4.69) is 12.1 Å². The maximum atomic E-state index is 12.6. The number of pyridine rings is 1. The molecule has 1 unspecified atom stereocenters. The van der Waals surface area contributed by atoms with Crippen LogP contribution >= 0.6 is 11.8 Å². The molecule has 1 aliphatic carbocycles. The van der Waals surface area contributed by atoms with Crippen LogP contribution in [0.25, 0.3) is 0 Å². The van der Waals surface area contributed by atoms with E-state index in [1.165, 1.54) is 32.1 Å². The summed E-state index contributed by atoms with van der Waals surface area (Å²) in [6, 6.07) is 4.38. The molecule has 1 aliphatic heterocycles. The second-order valence-corrected chi connectivity index (χ2v) is 9.81. The summed E-state index contributed by atoms with van der Waals surface area (Å²) >= 11 is 1.92. The van der Waals surface area contributed by atoms with Gasteiger partial charge in [0, 0.05) is 18.0 Å². The summed E-state index contributed by atoms with van der Waals surface area (Å²) in [5.41, 5.74) is 0.668. The van der Waals surface area contributed by atoms with Crippen molar-refractivity contribution in [2.24, 2.45) is 0 Å². The summed E-state index contributed by atoms with van der Waals surface area (Å²) in [5, 5.41) is 1.83. The molecule has 0 aromatic carbocycles. The van der Waals surface area contributed by atoms with Gasteiger partial charge in [0.2, 0.25) is 0 Å².